The molecule has 0 aliphatic rings. The van der Waals surface area contributed by atoms with Crippen molar-refractivity contribution in [3.05, 3.63) is 29.3 Å². The van der Waals surface area contributed by atoms with E-state index in [1.165, 1.54) is 17.5 Å². The molecule has 0 heterocycles. The Kier molecular flexibility index (Phi) is 3.15. The Hall–Kier alpha value is -0.980. The molecule has 0 aromatic heterocycles. The summed E-state index contributed by atoms with van der Waals surface area (Å²) in [5.41, 5.74) is 2.68. The maximum Gasteiger partial charge on any atom is 0.122 e. The number of hydrogen-bond acceptors (Lipinski definition) is 1. The van der Waals surface area contributed by atoms with Gasteiger partial charge in [-0.25, -0.2) is 0 Å². The van der Waals surface area contributed by atoms with Crippen molar-refractivity contribution in [1.29, 1.82) is 0 Å². The van der Waals surface area contributed by atoms with Gasteiger partial charge in [-0.15, -0.1) is 0 Å². The van der Waals surface area contributed by atoms with E-state index in [4.69, 9.17) is 4.74 Å². The molecule has 12 heavy (non-hydrogen) atoms. The molecule has 0 aliphatic heterocycles. The van der Waals surface area contributed by atoms with Gasteiger partial charge in [-0.3, -0.25) is 0 Å². The molecule has 0 saturated heterocycles. The summed E-state index contributed by atoms with van der Waals surface area (Å²) >= 11 is 0. The summed E-state index contributed by atoms with van der Waals surface area (Å²) in [6.45, 7) is 4.32. The van der Waals surface area contributed by atoms with E-state index in [2.05, 4.69) is 19.9 Å². The van der Waals surface area contributed by atoms with Crippen LogP contribution in [0, 0.1) is 6.92 Å². The molecule has 0 saturated carbocycles. The normalized spacial score (nSPS) is 9.92. The van der Waals surface area contributed by atoms with E-state index in [0.29, 0.717) is 0 Å². The zero-order chi connectivity index (χ0) is 8.97. The predicted molar refractivity (Wildman–Crippen MR) is 51.7 cm³/mol. The fourth-order valence-corrected chi connectivity index (χ4v) is 1.44. The van der Waals surface area contributed by atoms with Crippen LogP contribution in [0.5, 0.6) is 5.75 Å². The van der Waals surface area contributed by atoms with Crippen molar-refractivity contribution < 1.29 is 4.74 Å². The first-order valence-electron chi connectivity index (χ1n) is 4.42. The van der Waals surface area contributed by atoms with Crippen LogP contribution >= 0.6 is 0 Å². The third kappa shape index (κ3) is 1.79. The Bertz CT molecular complexity index is 253. The van der Waals surface area contributed by atoms with Crippen molar-refractivity contribution in [2.75, 3.05) is 7.11 Å². The van der Waals surface area contributed by atoms with Crippen molar-refractivity contribution in [1.82, 2.24) is 0 Å². The van der Waals surface area contributed by atoms with Crippen LogP contribution in [-0.2, 0) is 6.42 Å². The largest absolute Gasteiger partial charge is 0.496 e. The van der Waals surface area contributed by atoms with Crippen molar-refractivity contribution in [2.45, 2.75) is 26.7 Å². The highest BCUT2D eigenvalue weighted by Gasteiger charge is 2.03. The Labute approximate surface area is 74.4 Å². The van der Waals surface area contributed by atoms with Crippen LogP contribution in [0.15, 0.2) is 18.2 Å². The Balaban J connectivity index is 3.02. The zero-order valence-electron chi connectivity index (χ0n) is 8.05. The maximum atomic E-state index is 5.28. The third-order valence-electron chi connectivity index (χ3n) is 2.09. The summed E-state index contributed by atoms with van der Waals surface area (Å²) in [6.07, 6.45) is 2.27. The fourth-order valence-electron chi connectivity index (χ4n) is 1.44. The Morgan fingerprint density at radius 1 is 1.33 bits per heavy atom. The van der Waals surface area contributed by atoms with Gasteiger partial charge in [0.1, 0.15) is 5.75 Å². The van der Waals surface area contributed by atoms with Gasteiger partial charge in [0.25, 0.3) is 0 Å². The lowest BCUT2D eigenvalue weighted by molar-refractivity contribution is 0.409. The summed E-state index contributed by atoms with van der Waals surface area (Å²) < 4.78 is 5.28. The average Bonchev–Trinajstić information content (AvgIpc) is 2.09. The molecule has 0 aliphatic carbocycles. The lowest BCUT2D eigenvalue weighted by Crippen LogP contribution is -1.94. The average molecular weight is 164 g/mol. The minimum absolute atomic E-state index is 1.02. The van der Waals surface area contributed by atoms with E-state index >= 15 is 0 Å². The molecule has 0 spiro atoms. The van der Waals surface area contributed by atoms with Crippen LogP contribution in [0.25, 0.3) is 0 Å². The number of ether oxygens (including phenoxy) is 1. The molecular formula is C11H16O. The highest BCUT2D eigenvalue weighted by molar-refractivity contribution is 5.39. The van der Waals surface area contributed by atoms with Crippen LogP contribution in [0.2, 0.25) is 0 Å². The van der Waals surface area contributed by atoms with Crippen LogP contribution in [0.4, 0.5) is 0 Å². The lowest BCUT2D eigenvalue weighted by Gasteiger charge is -2.09. The van der Waals surface area contributed by atoms with Gasteiger partial charge in [0.2, 0.25) is 0 Å². The first-order chi connectivity index (χ1) is 5.79. The van der Waals surface area contributed by atoms with Crippen molar-refractivity contribution in [2.24, 2.45) is 0 Å². The van der Waals surface area contributed by atoms with Gasteiger partial charge in [0.05, 0.1) is 7.11 Å². The van der Waals surface area contributed by atoms with Gasteiger partial charge >= 0.3 is 0 Å². The van der Waals surface area contributed by atoms with E-state index in [9.17, 15) is 0 Å². The van der Waals surface area contributed by atoms with Crippen molar-refractivity contribution in [3.63, 3.8) is 0 Å². The predicted octanol–water partition coefficient (Wildman–Crippen LogP) is 2.96. The molecule has 66 valence electrons. The number of rotatable bonds is 3. The molecule has 1 heteroatoms. The van der Waals surface area contributed by atoms with Gasteiger partial charge in [-0.1, -0.05) is 25.5 Å². The molecule has 1 nitrogen and oxygen atoms in total. The summed E-state index contributed by atoms with van der Waals surface area (Å²) in [4.78, 5) is 0. The van der Waals surface area contributed by atoms with Crippen LogP contribution in [0.1, 0.15) is 24.5 Å². The van der Waals surface area contributed by atoms with Crippen LogP contribution < -0.4 is 4.74 Å². The molecule has 0 unspecified atom stereocenters. The number of methoxy groups -OCH3 is 1. The van der Waals surface area contributed by atoms with Gasteiger partial charge in [0, 0.05) is 0 Å². The van der Waals surface area contributed by atoms with Crippen LogP contribution in [-0.4, -0.2) is 7.11 Å². The molecule has 0 atom stereocenters. The number of aryl methyl sites for hydroxylation is 1. The quantitative estimate of drug-likeness (QED) is 0.667. The summed E-state index contributed by atoms with van der Waals surface area (Å²) in [5.74, 6) is 1.02. The molecule has 0 radical (unpaired) electrons. The fraction of sp³-hybridized carbons (Fsp3) is 0.455. The summed E-state index contributed by atoms with van der Waals surface area (Å²) in [7, 11) is 1.73. The van der Waals surface area contributed by atoms with Gasteiger partial charge in [-0.2, -0.15) is 0 Å². The topological polar surface area (TPSA) is 9.23 Å². The Morgan fingerprint density at radius 3 is 2.67 bits per heavy atom. The highest BCUT2D eigenvalue weighted by Crippen LogP contribution is 2.22. The van der Waals surface area contributed by atoms with E-state index in [-0.39, 0.29) is 0 Å². The number of hydrogen-bond donors (Lipinski definition) is 0. The monoisotopic (exact) mass is 164 g/mol. The standard InChI is InChI=1S/C11H16O/c1-4-6-10-9(2)7-5-8-11(10)12-3/h5,7-8H,4,6H2,1-3H3. The SMILES string of the molecule is CCCc1c(C)cccc1OC. The first kappa shape index (κ1) is 9.11. The molecule has 0 amide bonds. The first-order valence-corrected chi connectivity index (χ1v) is 4.42. The molecule has 1 aromatic carbocycles. The number of benzene rings is 1. The third-order valence-corrected chi connectivity index (χ3v) is 2.09. The molecule has 0 bridgehead atoms. The lowest BCUT2D eigenvalue weighted by atomic mass is 10.0. The molecule has 0 fully saturated rings. The summed E-state index contributed by atoms with van der Waals surface area (Å²) in [6, 6.07) is 6.19. The second-order valence-electron chi connectivity index (χ2n) is 3.01. The molecule has 1 rings (SSSR count). The van der Waals surface area contributed by atoms with Crippen molar-refractivity contribution >= 4 is 0 Å². The summed E-state index contributed by atoms with van der Waals surface area (Å²) in [5, 5.41) is 0. The minimum atomic E-state index is 1.02. The minimum Gasteiger partial charge on any atom is -0.496 e. The highest BCUT2D eigenvalue weighted by atomic mass is 16.5. The van der Waals surface area contributed by atoms with E-state index in [1.807, 2.05) is 12.1 Å². The Morgan fingerprint density at radius 2 is 2.08 bits per heavy atom. The van der Waals surface area contributed by atoms with Gasteiger partial charge in [0.15, 0.2) is 0 Å². The van der Waals surface area contributed by atoms with Gasteiger partial charge < -0.3 is 4.74 Å². The molecule has 1 aromatic rings. The smallest absolute Gasteiger partial charge is 0.122 e. The van der Waals surface area contributed by atoms with Crippen molar-refractivity contribution in [3.8, 4) is 5.75 Å². The maximum absolute atomic E-state index is 5.28. The van der Waals surface area contributed by atoms with E-state index in [1.54, 1.807) is 7.11 Å². The van der Waals surface area contributed by atoms with E-state index in [0.717, 1.165) is 12.2 Å². The second-order valence-corrected chi connectivity index (χ2v) is 3.01. The zero-order valence-corrected chi connectivity index (χ0v) is 8.05. The second kappa shape index (κ2) is 4.15. The van der Waals surface area contributed by atoms with Gasteiger partial charge in [-0.05, 0) is 30.5 Å². The molecule has 0 N–H and O–H groups in total. The van der Waals surface area contributed by atoms with Crippen LogP contribution in [0.3, 0.4) is 0 Å². The molecular weight excluding hydrogens is 148 g/mol. The van der Waals surface area contributed by atoms with E-state index < -0.39 is 0 Å².